The molecule has 2 saturated heterocycles. The molecular formula is C22H31N3O. The normalized spacial score (nSPS) is 30.1. The quantitative estimate of drug-likeness (QED) is 0.751. The maximum Gasteiger partial charge on any atom is 0.0682 e. The van der Waals surface area contributed by atoms with Crippen LogP contribution in [0.3, 0.4) is 0 Å². The van der Waals surface area contributed by atoms with Crippen molar-refractivity contribution in [1.82, 2.24) is 14.7 Å². The smallest absolute Gasteiger partial charge is 0.0682 e. The third-order valence-electron chi connectivity index (χ3n) is 6.66. The minimum absolute atomic E-state index is 0.523. The Bertz CT molecular complexity index is 739. The molecule has 3 heterocycles. The molecule has 2 aliphatic heterocycles. The Labute approximate surface area is 156 Å². The van der Waals surface area contributed by atoms with Gasteiger partial charge < -0.3 is 4.74 Å². The van der Waals surface area contributed by atoms with Crippen LogP contribution < -0.4 is 0 Å². The third-order valence-corrected chi connectivity index (χ3v) is 6.66. The van der Waals surface area contributed by atoms with Crippen molar-refractivity contribution in [2.45, 2.75) is 70.2 Å². The van der Waals surface area contributed by atoms with Crippen molar-refractivity contribution in [2.75, 3.05) is 13.2 Å². The fraction of sp³-hybridized carbons (Fsp3) is 0.682. The summed E-state index contributed by atoms with van der Waals surface area (Å²) in [5.41, 5.74) is 1.26. The van der Waals surface area contributed by atoms with Gasteiger partial charge in [0.05, 0.1) is 17.8 Å². The SMILES string of the molecule is C[C@H](CN1[C@@H]2CC[C@H]1C[C@H](OCC1CC1)C2)Cn1ncc2ccccc21. The molecule has 5 rings (SSSR count). The first-order valence-electron chi connectivity index (χ1n) is 10.5. The summed E-state index contributed by atoms with van der Waals surface area (Å²) < 4.78 is 8.42. The molecule has 1 aliphatic carbocycles. The third kappa shape index (κ3) is 3.41. The van der Waals surface area contributed by atoms with E-state index in [1.807, 2.05) is 6.20 Å². The first kappa shape index (κ1) is 16.8. The van der Waals surface area contributed by atoms with E-state index in [-0.39, 0.29) is 0 Å². The number of nitrogens with zero attached hydrogens (tertiary/aromatic N) is 3. The van der Waals surface area contributed by atoms with E-state index in [4.69, 9.17) is 4.74 Å². The molecule has 1 aromatic carbocycles. The number of piperidine rings is 1. The van der Waals surface area contributed by atoms with E-state index in [0.29, 0.717) is 12.0 Å². The monoisotopic (exact) mass is 353 g/mol. The van der Waals surface area contributed by atoms with Crippen LogP contribution in [0, 0.1) is 11.8 Å². The lowest BCUT2D eigenvalue weighted by molar-refractivity contribution is -0.0276. The number of ether oxygens (including phenoxy) is 1. The highest BCUT2D eigenvalue weighted by Gasteiger charge is 2.41. The van der Waals surface area contributed by atoms with Crippen LogP contribution in [0.5, 0.6) is 0 Å². The lowest BCUT2D eigenvalue weighted by Gasteiger charge is -2.40. The molecule has 1 aromatic heterocycles. The summed E-state index contributed by atoms with van der Waals surface area (Å²) >= 11 is 0. The number of hydrogen-bond acceptors (Lipinski definition) is 3. The fourth-order valence-corrected chi connectivity index (χ4v) is 5.10. The average molecular weight is 354 g/mol. The number of aromatic nitrogens is 2. The standard InChI is InChI=1S/C22H31N3O/c1-16(14-25-22-5-3-2-4-18(22)12-23-25)13-24-19-8-9-20(24)11-21(10-19)26-15-17-6-7-17/h2-5,12,16-17,19-21H,6-11,13-15H2,1H3/t16-,19-,20+,21-/m1/s1. The van der Waals surface area contributed by atoms with E-state index in [0.717, 1.165) is 31.2 Å². The van der Waals surface area contributed by atoms with Gasteiger partial charge in [0.2, 0.25) is 0 Å². The van der Waals surface area contributed by atoms with Crippen molar-refractivity contribution in [1.29, 1.82) is 0 Å². The summed E-state index contributed by atoms with van der Waals surface area (Å²) in [6.45, 7) is 5.60. The average Bonchev–Trinajstić information content (AvgIpc) is 3.36. The van der Waals surface area contributed by atoms with Gasteiger partial charge in [-0.25, -0.2) is 0 Å². The van der Waals surface area contributed by atoms with Crippen molar-refractivity contribution in [3.63, 3.8) is 0 Å². The molecule has 4 nitrogen and oxygen atoms in total. The van der Waals surface area contributed by atoms with Crippen LogP contribution in [0.1, 0.15) is 45.4 Å². The Balaban J connectivity index is 1.18. The fourth-order valence-electron chi connectivity index (χ4n) is 5.10. The number of rotatable bonds is 7. The molecule has 1 saturated carbocycles. The lowest BCUT2D eigenvalue weighted by atomic mass is 9.98. The van der Waals surface area contributed by atoms with Gasteiger partial charge in [0.1, 0.15) is 0 Å². The van der Waals surface area contributed by atoms with Gasteiger partial charge in [-0.05, 0) is 56.4 Å². The second-order valence-corrected chi connectivity index (χ2v) is 8.94. The van der Waals surface area contributed by atoms with Crippen LogP contribution in [-0.2, 0) is 11.3 Å². The maximum atomic E-state index is 6.23. The van der Waals surface area contributed by atoms with Crippen molar-refractivity contribution in [2.24, 2.45) is 11.8 Å². The van der Waals surface area contributed by atoms with Gasteiger partial charge in [-0.2, -0.15) is 5.10 Å². The largest absolute Gasteiger partial charge is 0.378 e. The molecular weight excluding hydrogens is 322 g/mol. The molecule has 3 fully saturated rings. The second kappa shape index (κ2) is 6.97. The van der Waals surface area contributed by atoms with E-state index in [9.17, 15) is 0 Å². The van der Waals surface area contributed by atoms with Crippen LogP contribution in [0.25, 0.3) is 10.9 Å². The molecule has 0 spiro atoms. The highest BCUT2D eigenvalue weighted by Crippen LogP contribution is 2.38. The van der Waals surface area contributed by atoms with Gasteiger partial charge in [0.25, 0.3) is 0 Å². The molecule has 0 N–H and O–H groups in total. The van der Waals surface area contributed by atoms with Crippen LogP contribution in [0.15, 0.2) is 30.5 Å². The summed E-state index contributed by atoms with van der Waals surface area (Å²) in [4.78, 5) is 2.80. The predicted molar refractivity (Wildman–Crippen MR) is 104 cm³/mol. The van der Waals surface area contributed by atoms with E-state index in [2.05, 4.69) is 45.9 Å². The predicted octanol–water partition coefficient (Wildman–Crippen LogP) is 4.09. The molecule has 2 bridgehead atoms. The number of para-hydroxylation sites is 1. The zero-order chi connectivity index (χ0) is 17.5. The van der Waals surface area contributed by atoms with Gasteiger partial charge in [-0.1, -0.05) is 25.1 Å². The molecule has 0 radical (unpaired) electrons. The molecule has 3 aliphatic rings. The van der Waals surface area contributed by atoms with Crippen LogP contribution >= 0.6 is 0 Å². The number of hydrogen-bond donors (Lipinski definition) is 0. The summed E-state index contributed by atoms with van der Waals surface area (Å²) in [6, 6.07) is 10.0. The number of fused-ring (bicyclic) bond motifs is 3. The minimum atomic E-state index is 0.523. The van der Waals surface area contributed by atoms with Gasteiger partial charge in [-0.3, -0.25) is 9.58 Å². The van der Waals surface area contributed by atoms with E-state index in [1.165, 1.54) is 56.0 Å². The van der Waals surface area contributed by atoms with Gasteiger partial charge in [0, 0.05) is 37.2 Å². The molecule has 4 heteroatoms. The van der Waals surface area contributed by atoms with Crippen molar-refractivity contribution in [3.05, 3.63) is 30.5 Å². The summed E-state index contributed by atoms with van der Waals surface area (Å²) in [7, 11) is 0. The van der Waals surface area contributed by atoms with Gasteiger partial charge in [-0.15, -0.1) is 0 Å². The van der Waals surface area contributed by atoms with E-state index >= 15 is 0 Å². The Morgan fingerprint density at radius 3 is 2.62 bits per heavy atom. The first-order chi connectivity index (χ1) is 12.8. The Kier molecular flexibility index (Phi) is 4.49. The van der Waals surface area contributed by atoms with Crippen molar-refractivity contribution < 1.29 is 4.74 Å². The minimum Gasteiger partial charge on any atom is -0.378 e. The highest BCUT2D eigenvalue weighted by atomic mass is 16.5. The molecule has 26 heavy (non-hydrogen) atoms. The van der Waals surface area contributed by atoms with Gasteiger partial charge in [0.15, 0.2) is 0 Å². The zero-order valence-corrected chi connectivity index (χ0v) is 15.9. The van der Waals surface area contributed by atoms with Crippen LogP contribution in [-0.4, -0.2) is 46.0 Å². The molecule has 2 aromatic rings. The molecule has 0 amide bonds. The topological polar surface area (TPSA) is 30.3 Å². The molecule has 4 atom stereocenters. The van der Waals surface area contributed by atoms with E-state index < -0.39 is 0 Å². The Morgan fingerprint density at radius 1 is 1.08 bits per heavy atom. The van der Waals surface area contributed by atoms with Crippen LogP contribution in [0.2, 0.25) is 0 Å². The summed E-state index contributed by atoms with van der Waals surface area (Å²) in [6.07, 6.45) is 10.5. The molecule has 0 unspecified atom stereocenters. The van der Waals surface area contributed by atoms with Crippen molar-refractivity contribution >= 4 is 10.9 Å². The lowest BCUT2D eigenvalue weighted by Crippen LogP contribution is -2.47. The van der Waals surface area contributed by atoms with Crippen LogP contribution in [0.4, 0.5) is 0 Å². The Morgan fingerprint density at radius 2 is 1.85 bits per heavy atom. The van der Waals surface area contributed by atoms with Crippen molar-refractivity contribution in [3.8, 4) is 0 Å². The second-order valence-electron chi connectivity index (χ2n) is 8.94. The van der Waals surface area contributed by atoms with E-state index in [1.54, 1.807) is 0 Å². The first-order valence-corrected chi connectivity index (χ1v) is 10.5. The summed E-state index contributed by atoms with van der Waals surface area (Å²) in [5.74, 6) is 1.50. The zero-order valence-electron chi connectivity index (χ0n) is 15.9. The molecule has 140 valence electrons. The summed E-state index contributed by atoms with van der Waals surface area (Å²) in [5, 5.41) is 5.86. The Hall–Kier alpha value is -1.39. The highest BCUT2D eigenvalue weighted by molar-refractivity contribution is 5.78. The van der Waals surface area contributed by atoms with Gasteiger partial charge >= 0.3 is 0 Å². The maximum absolute atomic E-state index is 6.23. The number of benzene rings is 1.